The molecule has 0 saturated carbocycles. The van der Waals surface area contributed by atoms with Crippen molar-refractivity contribution in [2.24, 2.45) is 0 Å². The fraction of sp³-hybridized carbons (Fsp3) is 0.105. The summed E-state index contributed by atoms with van der Waals surface area (Å²) in [4.78, 5) is 24.9. The van der Waals surface area contributed by atoms with Crippen molar-refractivity contribution in [3.05, 3.63) is 64.4 Å². The Morgan fingerprint density at radius 3 is 2.64 bits per heavy atom. The summed E-state index contributed by atoms with van der Waals surface area (Å²) in [6.45, 7) is 0. The van der Waals surface area contributed by atoms with Crippen molar-refractivity contribution in [2.75, 3.05) is 10.6 Å². The van der Waals surface area contributed by atoms with Gasteiger partial charge in [-0.3, -0.25) is 9.59 Å². The summed E-state index contributed by atoms with van der Waals surface area (Å²) in [6.07, 6.45) is -0.0748. The van der Waals surface area contributed by atoms with Crippen molar-refractivity contribution in [1.29, 1.82) is 0 Å². The van der Waals surface area contributed by atoms with Gasteiger partial charge in [-0.2, -0.15) is 5.10 Å². The smallest absolute Gasteiger partial charge is 0.249 e. The zero-order valence-electron chi connectivity index (χ0n) is 14.2. The van der Waals surface area contributed by atoms with Gasteiger partial charge in [-0.15, -0.1) is 0 Å². The van der Waals surface area contributed by atoms with Crippen LogP contribution in [0.4, 0.5) is 15.9 Å². The highest BCUT2D eigenvalue weighted by molar-refractivity contribution is 6.36. The van der Waals surface area contributed by atoms with E-state index in [1.54, 1.807) is 30.3 Å². The monoisotopic (exact) mass is 418 g/mol. The van der Waals surface area contributed by atoms with Gasteiger partial charge in [0.2, 0.25) is 11.8 Å². The maximum absolute atomic E-state index is 13.2. The van der Waals surface area contributed by atoms with E-state index in [0.717, 1.165) is 0 Å². The molecule has 6 nitrogen and oxygen atoms in total. The zero-order chi connectivity index (χ0) is 19.8. The molecule has 1 aromatic heterocycles. The molecule has 0 fully saturated rings. The van der Waals surface area contributed by atoms with E-state index in [4.69, 9.17) is 23.2 Å². The first-order chi connectivity index (χ1) is 13.4. The van der Waals surface area contributed by atoms with Crippen LogP contribution in [0.2, 0.25) is 10.0 Å². The lowest BCUT2D eigenvalue weighted by atomic mass is 10.1. The van der Waals surface area contributed by atoms with Crippen molar-refractivity contribution in [3.63, 3.8) is 0 Å². The van der Waals surface area contributed by atoms with Gasteiger partial charge in [0.15, 0.2) is 0 Å². The topological polar surface area (TPSA) is 76.0 Å². The molecule has 0 radical (unpaired) electrons. The van der Waals surface area contributed by atoms with Gasteiger partial charge >= 0.3 is 0 Å². The van der Waals surface area contributed by atoms with E-state index in [1.807, 2.05) is 0 Å². The van der Waals surface area contributed by atoms with Crippen LogP contribution in [0.5, 0.6) is 0 Å². The van der Waals surface area contributed by atoms with Crippen LogP contribution in [0, 0.1) is 5.82 Å². The lowest BCUT2D eigenvalue weighted by Gasteiger charge is -2.23. The maximum Gasteiger partial charge on any atom is 0.249 e. The van der Waals surface area contributed by atoms with Gasteiger partial charge in [0, 0.05) is 16.7 Å². The van der Waals surface area contributed by atoms with Crippen LogP contribution in [-0.4, -0.2) is 21.6 Å². The molecule has 0 spiro atoms. The van der Waals surface area contributed by atoms with Crippen LogP contribution in [0.3, 0.4) is 0 Å². The van der Waals surface area contributed by atoms with E-state index >= 15 is 0 Å². The Morgan fingerprint density at radius 1 is 1.18 bits per heavy atom. The van der Waals surface area contributed by atoms with Crippen molar-refractivity contribution in [2.45, 2.75) is 12.5 Å². The molecule has 9 heteroatoms. The van der Waals surface area contributed by atoms with Gasteiger partial charge in [0.25, 0.3) is 0 Å². The van der Waals surface area contributed by atoms with Crippen molar-refractivity contribution >= 4 is 46.5 Å². The first kappa shape index (κ1) is 18.5. The fourth-order valence-corrected chi connectivity index (χ4v) is 3.41. The number of nitrogens with one attached hydrogen (secondary N) is 2. The van der Waals surface area contributed by atoms with E-state index in [0.29, 0.717) is 27.8 Å². The number of hydrogen-bond acceptors (Lipinski definition) is 3. The molecule has 1 atom stereocenters. The first-order valence-corrected chi connectivity index (χ1v) is 9.07. The first-order valence-electron chi connectivity index (χ1n) is 8.32. The summed E-state index contributed by atoms with van der Waals surface area (Å²) >= 11 is 12.0. The second kappa shape index (κ2) is 7.26. The van der Waals surface area contributed by atoms with Crippen LogP contribution in [-0.2, 0) is 9.59 Å². The van der Waals surface area contributed by atoms with Crippen molar-refractivity contribution < 1.29 is 14.0 Å². The molecule has 28 heavy (non-hydrogen) atoms. The summed E-state index contributed by atoms with van der Waals surface area (Å²) in [5, 5.41) is 10.6. The predicted octanol–water partition coefficient (Wildman–Crippen LogP) is 4.52. The molecular formula is C19H13Cl2FN4O2. The second-order valence-electron chi connectivity index (χ2n) is 6.25. The van der Waals surface area contributed by atoms with E-state index in [-0.39, 0.29) is 23.2 Å². The molecule has 2 heterocycles. The van der Waals surface area contributed by atoms with Crippen LogP contribution in [0.15, 0.2) is 48.5 Å². The van der Waals surface area contributed by atoms with Gasteiger partial charge < -0.3 is 10.6 Å². The average molecular weight is 419 g/mol. The van der Waals surface area contributed by atoms with Crippen LogP contribution in [0.1, 0.15) is 12.5 Å². The summed E-state index contributed by atoms with van der Waals surface area (Å²) < 4.78 is 14.6. The third-order valence-corrected chi connectivity index (χ3v) is 4.86. The molecule has 2 N–H and O–H groups in total. The lowest BCUT2D eigenvalue weighted by Crippen LogP contribution is -2.35. The molecule has 4 rings (SSSR count). The van der Waals surface area contributed by atoms with Gasteiger partial charge in [-0.05, 0) is 42.5 Å². The molecule has 2 aromatic carbocycles. The Labute approximate surface area is 169 Å². The molecular weight excluding hydrogens is 406 g/mol. The molecule has 1 aliphatic heterocycles. The molecule has 142 valence electrons. The summed E-state index contributed by atoms with van der Waals surface area (Å²) in [6, 6.07) is 11.3. The zero-order valence-corrected chi connectivity index (χ0v) is 15.8. The molecule has 1 aliphatic rings. The number of carbonyl (C=O) groups excluding carboxylic acids is 2. The molecule has 0 unspecified atom stereocenters. The minimum absolute atomic E-state index is 0.0748. The largest absolute Gasteiger partial charge is 0.323 e. The van der Waals surface area contributed by atoms with Gasteiger partial charge in [0.1, 0.15) is 17.7 Å². The number of rotatable bonds is 3. The van der Waals surface area contributed by atoms with E-state index < -0.39 is 11.9 Å². The standard InChI is InChI=1S/C19H13Cl2FN4O2/c20-11-3-6-14(13(21)7-11)23-19(28)16-9-18(27)24-17-8-15(25-26(16)17)10-1-4-12(22)5-2-10/h1-8,16H,9H2,(H,23,28)(H,24,27)/t16-/m1/s1. The molecule has 0 saturated heterocycles. The summed E-state index contributed by atoms with van der Waals surface area (Å²) in [5.74, 6) is -0.717. The van der Waals surface area contributed by atoms with Crippen LogP contribution >= 0.6 is 23.2 Å². The Kier molecular flexibility index (Phi) is 4.78. The number of aromatic nitrogens is 2. The lowest BCUT2D eigenvalue weighted by molar-refractivity contribution is -0.125. The third-order valence-electron chi connectivity index (χ3n) is 4.31. The highest BCUT2D eigenvalue weighted by Crippen LogP contribution is 2.31. The summed E-state index contributed by atoms with van der Waals surface area (Å²) in [7, 11) is 0. The second-order valence-corrected chi connectivity index (χ2v) is 7.09. The van der Waals surface area contributed by atoms with Gasteiger partial charge in [-0.1, -0.05) is 23.2 Å². The van der Waals surface area contributed by atoms with Crippen molar-refractivity contribution in [3.8, 4) is 11.3 Å². The fourth-order valence-electron chi connectivity index (χ4n) is 2.95. The van der Waals surface area contributed by atoms with Gasteiger partial charge in [-0.25, -0.2) is 9.07 Å². The number of benzene rings is 2. The number of amides is 2. The predicted molar refractivity (Wildman–Crippen MR) is 105 cm³/mol. The highest BCUT2D eigenvalue weighted by atomic mass is 35.5. The minimum atomic E-state index is -0.857. The Hall–Kier alpha value is -2.90. The number of hydrogen-bond donors (Lipinski definition) is 2. The Morgan fingerprint density at radius 2 is 1.93 bits per heavy atom. The SMILES string of the molecule is O=C1C[C@H](C(=O)Nc2ccc(Cl)cc2Cl)n2nc(-c3ccc(F)cc3)cc2N1. The Bertz CT molecular complexity index is 1080. The van der Waals surface area contributed by atoms with E-state index in [1.165, 1.54) is 22.9 Å². The quantitative estimate of drug-likeness (QED) is 0.656. The van der Waals surface area contributed by atoms with Crippen LogP contribution < -0.4 is 10.6 Å². The molecule has 2 amide bonds. The normalized spacial score (nSPS) is 15.7. The number of halogens is 3. The maximum atomic E-state index is 13.2. The third kappa shape index (κ3) is 3.58. The molecule has 0 bridgehead atoms. The number of nitrogens with zero attached hydrogens (tertiary/aromatic N) is 2. The van der Waals surface area contributed by atoms with Gasteiger partial charge in [0.05, 0.1) is 22.8 Å². The van der Waals surface area contributed by atoms with Crippen LogP contribution in [0.25, 0.3) is 11.3 Å². The molecule has 3 aromatic rings. The number of fused-ring (bicyclic) bond motifs is 1. The average Bonchev–Trinajstić information content (AvgIpc) is 3.07. The molecule has 0 aliphatic carbocycles. The Balaban J connectivity index is 1.65. The van der Waals surface area contributed by atoms with E-state index in [2.05, 4.69) is 15.7 Å². The summed E-state index contributed by atoms with van der Waals surface area (Å²) in [5.41, 5.74) is 1.56. The number of anilines is 2. The minimum Gasteiger partial charge on any atom is -0.323 e. The van der Waals surface area contributed by atoms with E-state index in [9.17, 15) is 14.0 Å². The van der Waals surface area contributed by atoms with Crippen molar-refractivity contribution in [1.82, 2.24) is 9.78 Å². The highest BCUT2D eigenvalue weighted by Gasteiger charge is 2.32. The number of carbonyl (C=O) groups is 2.